The summed E-state index contributed by atoms with van der Waals surface area (Å²) in [5.74, 6) is -0.0386. The van der Waals surface area contributed by atoms with Crippen LogP contribution in [0.2, 0.25) is 5.02 Å². The monoisotopic (exact) mass is 260 g/mol. The predicted molar refractivity (Wildman–Crippen MR) is 62.4 cm³/mol. The molecule has 0 saturated carbocycles. The zero-order valence-corrected chi connectivity index (χ0v) is 10.5. The molecule has 94 valence electrons. The Kier molecular flexibility index (Phi) is 4.45. The van der Waals surface area contributed by atoms with Gasteiger partial charge in [-0.3, -0.25) is 4.79 Å². The van der Waals surface area contributed by atoms with Gasteiger partial charge >= 0.3 is 5.97 Å². The highest BCUT2D eigenvalue weighted by atomic mass is 35.5. The van der Waals surface area contributed by atoms with Crippen LogP contribution >= 0.6 is 11.6 Å². The largest absolute Gasteiger partial charge is 0.495 e. The van der Waals surface area contributed by atoms with E-state index >= 15 is 0 Å². The number of hydrogen-bond acceptors (Lipinski definition) is 4. The van der Waals surface area contributed by atoms with Gasteiger partial charge in [-0.2, -0.15) is 0 Å². The second-order valence-corrected chi connectivity index (χ2v) is 3.58. The minimum absolute atomic E-state index is 0.261. The van der Waals surface area contributed by atoms with Crippen LogP contribution in [0.1, 0.15) is 5.56 Å². The summed E-state index contributed by atoms with van der Waals surface area (Å²) < 4.78 is 15.3. The van der Waals surface area contributed by atoms with Gasteiger partial charge in [-0.25, -0.2) is 0 Å². The maximum Gasteiger partial charge on any atom is 0.308 e. The van der Waals surface area contributed by atoms with Crippen molar-refractivity contribution in [2.75, 3.05) is 21.3 Å². The van der Waals surface area contributed by atoms with Gasteiger partial charge in [-0.15, -0.1) is 0 Å². The van der Waals surface area contributed by atoms with Gasteiger partial charge in [0.2, 0.25) is 0 Å². The molecular formula is C11H13ClO5. The van der Waals surface area contributed by atoms with E-state index in [0.717, 1.165) is 0 Å². The van der Waals surface area contributed by atoms with Gasteiger partial charge in [-0.1, -0.05) is 11.6 Å². The molecule has 0 aromatic heterocycles. The standard InChI is InChI=1S/C11H13ClO5/c1-15-8-5-7(12)10(16-2)6(4-9(13)14)11(8)17-3/h5H,4H2,1-3H3,(H,13,14). The van der Waals surface area contributed by atoms with E-state index in [1.807, 2.05) is 0 Å². The van der Waals surface area contributed by atoms with Crippen molar-refractivity contribution in [3.05, 3.63) is 16.7 Å². The highest BCUT2D eigenvalue weighted by Gasteiger charge is 2.21. The molecular weight excluding hydrogens is 248 g/mol. The van der Waals surface area contributed by atoms with Crippen molar-refractivity contribution in [2.45, 2.75) is 6.42 Å². The molecule has 6 heteroatoms. The predicted octanol–water partition coefficient (Wildman–Crippen LogP) is 1.99. The van der Waals surface area contributed by atoms with Crippen LogP contribution in [0.15, 0.2) is 6.07 Å². The van der Waals surface area contributed by atoms with Crippen LogP contribution < -0.4 is 14.2 Å². The molecule has 17 heavy (non-hydrogen) atoms. The summed E-state index contributed by atoms with van der Waals surface area (Å²) in [4.78, 5) is 10.8. The normalized spacial score (nSPS) is 9.88. The Morgan fingerprint density at radius 1 is 1.24 bits per heavy atom. The van der Waals surface area contributed by atoms with Crippen molar-refractivity contribution in [3.63, 3.8) is 0 Å². The number of carboxylic acids is 1. The number of carboxylic acid groups (broad SMARTS) is 1. The van der Waals surface area contributed by atoms with E-state index in [0.29, 0.717) is 17.1 Å². The lowest BCUT2D eigenvalue weighted by molar-refractivity contribution is -0.136. The van der Waals surface area contributed by atoms with Crippen molar-refractivity contribution in [2.24, 2.45) is 0 Å². The van der Waals surface area contributed by atoms with Gasteiger partial charge in [0.25, 0.3) is 0 Å². The van der Waals surface area contributed by atoms with Crippen molar-refractivity contribution in [1.82, 2.24) is 0 Å². The van der Waals surface area contributed by atoms with Gasteiger partial charge < -0.3 is 19.3 Å². The Labute approximate surface area is 104 Å². The zero-order chi connectivity index (χ0) is 13.0. The fraction of sp³-hybridized carbons (Fsp3) is 0.364. The molecule has 0 aliphatic carbocycles. The number of carbonyl (C=O) groups is 1. The molecule has 0 saturated heterocycles. The van der Waals surface area contributed by atoms with Crippen LogP contribution in [0.4, 0.5) is 0 Å². The van der Waals surface area contributed by atoms with E-state index in [-0.39, 0.29) is 17.2 Å². The fourth-order valence-electron chi connectivity index (χ4n) is 1.55. The average Bonchev–Trinajstić information content (AvgIpc) is 2.28. The number of halogens is 1. The lowest BCUT2D eigenvalue weighted by atomic mass is 10.1. The number of rotatable bonds is 5. The summed E-state index contributed by atoms with van der Waals surface area (Å²) in [5.41, 5.74) is 0.354. The van der Waals surface area contributed by atoms with Crippen molar-refractivity contribution in [1.29, 1.82) is 0 Å². The first-order valence-electron chi connectivity index (χ1n) is 4.74. The number of ether oxygens (including phenoxy) is 3. The molecule has 1 N–H and O–H groups in total. The third kappa shape index (κ3) is 2.74. The molecule has 0 fully saturated rings. The molecule has 0 radical (unpaired) electrons. The maximum atomic E-state index is 10.8. The van der Waals surface area contributed by atoms with E-state index in [2.05, 4.69) is 0 Å². The Bertz CT molecular complexity index is 430. The van der Waals surface area contributed by atoms with E-state index in [1.54, 1.807) is 0 Å². The van der Waals surface area contributed by atoms with Crippen LogP contribution in [0.3, 0.4) is 0 Å². The molecule has 0 aliphatic rings. The first-order valence-corrected chi connectivity index (χ1v) is 5.12. The Hall–Kier alpha value is -1.62. The summed E-state index contributed by atoms with van der Waals surface area (Å²) in [6, 6.07) is 1.52. The molecule has 0 aliphatic heterocycles. The minimum atomic E-state index is -1.01. The summed E-state index contributed by atoms with van der Waals surface area (Å²) in [5, 5.41) is 9.15. The molecule has 0 amide bonds. The Morgan fingerprint density at radius 3 is 2.24 bits per heavy atom. The third-order valence-corrected chi connectivity index (χ3v) is 2.48. The lowest BCUT2D eigenvalue weighted by Crippen LogP contribution is -2.06. The van der Waals surface area contributed by atoms with E-state index in [1.165, 1.54) is 27.4 Å². The van der Waals surface area contributed by atoms with Crippen molar-refractivity contribution >= 4 is 17.6 Å². The average molecular weight is 261 g/mol. The van der Waals surface area contributed by atoms with Crippen LogP contribution in [-0.4, -0.2) is 32.4 Å². The number of methoxy groups -OCH3 is 3. The maximum absolute atomic E-state index is 10.8. The van der Waals surface area contributed by atoms with Gasteiger partial charge in [-0.05, 0) is 0 Å². The van der Waals surface area contributed by atoms with Crippen LogP contribution in [-0.2, 0) is 11.2 Å². The molecule has 0 heterocycles. The van der Waals surface area contributed by atoms with Gasteiger partial charge in [0.05, 0.1) is 38.3 Å². The van der Waals surface area contributed by atoms with E-state index in [4.69, 9.17) is 30.9 Å². The second-order valence-electron chi connectivity index (χ2n) is 3.18. The highest BCUT2D eigenvalue weighted by molar-refractivity contribution is 6.32. The van der Waals surface area contributed by atoms with Gasteiger partial charge in [0, 0.05) is 6.07 Å². The molecule has 1 aromatic carbocycles. The molecule has 0 bridgehead atoms. The topological polar surface area (TPSA) is 65.0 Å². The van der Waals surface area contributed by atoms with Gasteiger partial charge in [0.15, 0.2) is 11.5 Å². The van der Waals surface area contributed by atoms with E-state index in [9.17, 15) is 4.79 Å². The lowest BCUT2D eigenvalue weighted by Gasteiger charge is -2.16. The summed E-state index contributed by atoms with van der Waals surface area (Å²) >= 11 is 5.97. The Morgan fingerprint density at radius 2 is 1.82 bits per heavy atom. The first-order chi connectivity index (χ1) is 8.04. The molecule has 0 atom stereocenters. The smallest absolute Gasteiger partial charge is 0.308 e. The van der Waals surface area contributed by atoms with Crippen LogP contribution in [0.5, 0.6) is 17.2 Å². The fourth-order valence-corrected chi connectivity index (χ4v) is 1.84. The Balaban J connectivity index is 3.46. The number of hydrogen-bond donors (Lipinski definition) is 1. The first kappa shape index (κ1) is 13.4. The number of aliphatic carboxylic acids is 1. The number of benzene rings is 1. The zero-order valence-electron chi connectivity index (χ0n) is 9.74. The highest BCUT2D eigenvalue weighted by Crippen LogP contribution is 2.42. The summed E-state index contributed by atoms with van der Waals surface area (Å²) in [7, 11) is 4.29. The van der Waals surface area contributed by atoms with E-state index < -0.39 is 5.97 Å². The van der Waals surface area contributed by atoms with Crippen molar-refractivity contribution in [3.8, 4) is 17.2 Å². The van der Waals surface area contributed by atoms with Gasteiger partial charge in [0.1, 0.15) is 5.75 Å². The minimum Gasteiger partial charge on any atom is -0.495 e. The molecule has 5 nitrogen and oxygen atoms in total. The summed E-state index contributed by atoms with van der Waals surface area (Å²) in [6.45, 7) is 0. The van der Waals surface area contributed by atoms with Crippen LogP contribution in [0.25, 0.3) is 0 Å². The molecule has 0 spiro atoms. The quantitative estimate of drug-likeness (QED) is 0.877. The second kappa shape index (κ2) is 5.63. The molecule has 1 aromatic rings. The van der Waals surface area contributed by atoms with Crippen molar-refractivity contribution < 1.29 is 24.1 Å². The molecule has 0 unspecified atom stereocenters. The van der Waals surface area contributed by atoms with Crippen LogP contribution in [0, 0.1) is 0 Å². The SMILES string of the molecule is COc1cc(Cl)c(OC)c(CC(=O)O)c1OC. The summed E-state index contributed by atoms with van der Waals surface area (Å²) in [6.07, 6.45) is -0.261. The third-order valence-electron chi connectivity index (χ3n) is 2.20. The molecule has 1 rings (SSSR count).